The van der Waals surface area contributed by atoms with Crippen LogP contribution in [0.4, 0.5) is 17.1 Å². The predicted octanol–water partition coefficient (Wildman–Crippen LogP) is 2.75. The first-order valence-corrected chi connectivity index (χ1v) is 12.5. The molecule has 2 heterocycles. The Kier molecular flexibility index (Phi) is 7.29. The third-order valence-electron chi connectivity index (χ3n) is 5.79. The Bertz CT molecular complexity index is 1010. The van der Waals surface area contributed by atoms with Crippen LogP contribution in [0, 0.1) is 0 Å². The van der Waals surface area contributed by atoms with Crippen molar-refractivity contribution >= 4 is 33.0 Å². The zero-order chi connectivity index (χ0) is 22.4. The van der Waals surface area contributed by atoms with Crippen molar-refractivity contribution in [2.75, 3.05) is 61.5 Å². The predicted molar refractivity (Wildman–Crippen MR) is 126 cm³/mol. The first-order chi connectivity index (χ1) is 15.5. The number of rotatable bonds is 7. The van der Waals surface area contributed by atoms with E-state index in [1.165, 1.54) is 35.7 Å². The first kappa shape index (κ1) is 22.6. The fourth-order valence-corrected chi connectivity index (χ4v) is 5.47. The molecule has 2 aliphatic heterocycles. The second-order valence-electron chi connectivity index (χ2n) is 8.01. The van der Waals surface area contributed by atoms with Crippen molar-refractivity contribution in [3.63, 3.8) is 0 Å². The van der Waals surface area contributed by atoms with Crippen molar-refractivity contribution in [2.45, 2.75) is 24.2 Å². The van der Waals surface area contributed by atoms with Gasteiger partial charge >= 0.3 is 0 Å². The second kappa shape index (κ2) is 10.3. The molecular weight excluding hydrogens is 428 g/mol. The van der Waals surface area contributed by atoms with Crippen LogP contribution in [0.25, 0.3) is 0 Å². The molecule has 2 fully saturated rings. The number of carbonyl (C=O) groups excluding carboxylic acids is 1. The molecule has 2 aliphatic rings. The quantitative estimate of drug-likeness (QED) is 0.663. The number of benzene rings is 2. The zero-order valence-electron chi connectivity index (χ0n) is 18.1. The van der Waals surface area contributed by atoms with Crippen LogP contribution in [0.15, 0.2) is 53.4 Å². The summed E-state index contributed by atoms with van der Waals surface area (Å²) in [5.74, 6) is -0.192. The minimum absolute atomic E-state index is 0.124. The van der Waals surface area contributed by atoms with E-state index >= 15 is 0 Å². The summed E-state index contributed by atoms with van der Waals surface area (Å²) in [6.45, 7) is 3.70. The molecule has 172 valence electrons. The highest BCUT2D eigenvalue weighted by molar-refractivity contribution is 7.89. The summed E-state index contributed by atoms with van der Waals surface area (Å²) in [6, 6.07) is 14.3. The van der Waals surface area contributed by atoms with Gasteiger partial charge in [-0.05, 0) is 55.7 Å². The Hall–Kier alpha value is -2.62. The van der Waals surface area contributed by atoms with Gasteiger partial charge in [0.15, 0.2) is 0 Å². The van der Waals surface area contributed by atoms with E-state index in [1.54, 1.807) is 12.1 Å². The smallest absolute Gasteiger partial charge is 0.243 e. The Morgan fingerprint density at radius 3 is 2.31 bits per heavy atom. The van der Waals surface area contributed by atoms with Gasteiger partial charge in [0, 0.05) is 31.9 Å². The summed E-state index contributed by atoms with van der Waals surface area (Å²) in [6.07, 6.45) is 3.64. The van der Waals surface area contributed by atoms with Crippen molar-refractivity contribution in [1.29, 1.82) is 0 Å². The molecular formula is C23H30N4O4S. The van der Waals surface area contributed by atoms with Crippen LogP contribution < -0.4 is 15.5 Å². The lowest BCUT2D eigenvalue weighted by Crippen LogP contribution is -2.40. The molecule has 0 radical (unpaired) electrons. The average molecular weight is 459 g/mol. The van der Waals surface area contributed by atoms with Crippen molar-refractivity contribution in [3.05, 3.63) is 48.5 Å². The Morgan fingerprint density at radius 1 is 0.906 bits per heavy atom. The van der Waals surface area contributed by atoms with Gasteiger partial charge in [0.05, 0.1) is 36.0 Å². The van der Waals surface area contributed by atoms with Gasteiger partial charge in [0.1, 0.15) is 0 Å². The molecule has 32 heavy (non-hydrogen) atoms. The van der Waals surface area contributed by atoms with Gasteiger partial charge in [0.25, 0.3) is 0 Å². The molecule has 2 aromatic rings. The number of hydrogen-bond acceptors (Lipinski definition) is 6. The SMILES string of the molecule is O=C(CNc1ccccc1N1CCCCC1)Nc1ccc(S(=O)(=O)N2CCOCC2)cc1. The lowest BCUT2D eigenvalue weighted by molar-refractivity contribution is -0.114. The summed E-state index contributed by atoms with van der Waals surface area (Å²) in [4.78, 5) is 15.0. The van der Waals surface area contributed by atoms with E-state index in [1.807, 2.05) is 18.2 Å². The summed E-state index contributed by atoms with van der Waals surface area (Å²) >= 11 is 0. The van der Waals surface area contributed by atoms with E-state index in [9.17, 15) is 13.2 Å². The number of sulfonamides is 1. The molecule has 0 bridgehead atoms. The fraction of sp³-hybridized carbons (Fsp3) is 0.435. The molecule has 0 atom stereocenters. The zero-order valence-corrected chi connectivity index (χ0v) is 18.9. The van der Waals surface area contributed by atoms with Crippen LogP contribution in [-0.2, 0) is 19.6 Å². The lowest BCUT2D eigenvalue weighted by atomic mass is 10.1. The van der Waals surface area contributed by atoms with Crippen molar-refractivity contribution in [3.8, 4) is 0 Å². The monoisotopic (exact) mass is 458 g/mol. The van der Waals surface area contributed by atoms with Gasteiger partial charge in [-0.2, -0.15) is 4.31 Å². The van der Waals surface area contributed by atoms with Crippen molar-refractivity contribution in [2.24, 2.45) is 0 Å². The Labute approximate surface area is 189 Å². The molecule has 0 spiro atoms. The number of carbonyl (C=O) groups is 1. The van der Waals surface area contributed by atoms with E-state index in [0.717, 1.165) is 24.5 Å². The largest absolute Gasteiger partial charge is 0.379 e. The number of anilines is 3. The highest BCUT2D eigenvalue weighted by Crippen LogP contribution is 2.28. The van der Waals surface area contributed by atoms with E-state index in [2.05, 4.69) is 21.6 Å². The van der Waals surface area contributed by atoms with Gasteiger partial charge in [-0.25, -0.2) is 8.42 Å². The summed E-state index contributed by atoms with van der Waals surface area (Å²) in [5, 5.41) is 6.07. The minimum atomic E-state index is -3.55. The Balaban J connectivity index is 1.34. The average Bonchev–Trinajstić information content (AvgIpc) is 2.84. The molecule has 0 saturated carbocycles. The number of piperidine rings is 1. The van der Waals surface area contributed by atoms with Gasteiger partial charge in [0.2, 0.25) is 15.9 Å². The summed E-state index contributed by atoms with van der Waals surface area (Å²) in [7, 11) is -3.55. The molecule has 4 rings (SSSR count). The summed E-state index contributed by atoms with van der Waals surface area (Å²) in [5.41, 5.74) is 2.62. The molecule has 9 heteroatoms. The molecule has 8 nitrogen and oxygen atoms in total. The number of nitrogens with one attached hydrogen (secondary N) is 2. The standard InChI is InChI=1S/C23H30N4O4S/c28-23(18-24-21-6-2-3-7-22(21)26-12-4-1-5-13-26)25-19-8-10-20(11-9-19)32(29,30)27-14-16-31-17-15-27/h2-3,6-11,24H,1,4-5,12-18H2,(H,25,28). The highest BCUT2D eigenvalue weighted by atomic mass is 32.2. The topological polar surface area (TPSA) is 91.0 Å². The molecule has 0 unspecified atom stereocenters. The Morgan fingerprint density at radius 2 is 1.59 bits per heavy atom. The molecule has 1 amide bonds. The number of hydrogen-bond donors (Lipinski definition) is 2. The molecule has 2 saturated heterocycles. The van der Waals surface area contributed by atoms with Crippen LogP contribution in [0.1, 0.15) is 19.3 Å². The third-order valence-corrected chi connectivity index (χ3v) is 7.70. The molecule has 2 aromatic carbocycles. The van der Waals surface area contributed by atoms with E-state index in [0.29, 0.717) is 32.0 Å². The van der Waals surface area contributed by atoms with Crippen LogP contribution in [0.3, 0.4) is 0 Å². The van der Waals surface area contributed by atoms with Crippen LogP contribution >= 0.6 is 0 Å². The van der Waals surface area contributed by atoms with Gasteiger partial charge in [-0.1, -0.05) is 12.1 Å². The summed E-state index contributed by atoms with van der Waals surface area (Å²) < 4.78 is 32.1. The molecule has 0 aromatic heterocycles. The second-order valence-corrected chi connectivity index (χ2v) is 9.95. The van der Waals surface area contributed by atoms with Crippen molar-refractivity contribution in [1.82, 2.24) is 4.31 Å². The maximum absolute atomic E-state index is 12.7. The minimum Gasteiger partial charge on any atom is -0.379 e. The number of para-hydroxylation sites is 2. The highest BCUT2D eigenvalue weighted by Gasteiger charge is 2.26. The van der Waals surface area contributed by atoms with Crippen LogP contribution in [0.5, 0.6) is 0 Å². The maximum Gasteiger partial charge on any atom is 0.243 e. The van der Waals surface area contributed by atoms with Gasteiger partial charge in [-0.3, -0.25) is 4.79 Å². The maximum atomic E-state index is 12.7. The number of nitrogens with zero attached hydrogens (tertiary/aromatic N) is 2. The van der Waals surface area contributed by atoms with Crippen molar-refractivity contribution < 1.29 is 17.9 Å². The van der Waals surface area contributed by atoms with Crippen LogP contribution in [-0.4, -0.2) is 64.6 Å². The van der Waals surface area contributed by atoms with E-state index < -0.39 is 10.0 Å². The molecule has 2 N–H and O–H groups in total. The first-order valence-electron chi connectivity index (χ1n) is 11.1. The normalized spacial score (nSPS) is 17.7. The van der Waals surface area contributed by atoms with E-state index in [4.69, 9.17) is 4.74 Å². The lowest BCUT2D eigenvalue weighted by Gasteiger charge is -2.30. The number of morpholine rings is 1. The third kappa shape index (κ3) is 5.40. The van der Waals surface area contributed by atoms with E-state index in [-0.39, 0.29) is 17.3 Å². The fourth-order valence-electron chi connectivity index (χ4n) is 4.06. The number of amides is 1. The van der Waals surface area contributed by atoms with Gasteiger partial charge in [-0.15, -0.1) is 0 Å². The van der Waals surface area contributed by atoms with Gasteiger partial charge < -0.3 is 20.3 Å². The molecule has 0 aliphatic carbocycles. The van der Waals surface area contributed by atoms with Crippen LogP contribution in [0.2, 0.25) is 0 Å². The number of ether oxygens (including phenoxy) is 1.